The molecule has 4 rings (SSSR count). The van der Waals surface area contributed by atoms with Crippen LogP contribution in [0.5, 0.6) is 0 Å². The first-order chi connectivity index (χ1) is 14.2. The lowest BCUT2D eigenvalue weighted by Gasteiger charge is -2.45. The van der Waals surface area contributed by atoms with Gasteiger partial charge in [-0.25, -0.2) is 14.2 Å². The molecule has 1 atom stereocenters. The number of aromatic amines is 2. The van der Waals surface area contributed by atoms with Crippen molar-refractivity contribution in [1.82, 2.24) is 19.9 Å². The van der Waals surface area contributed by atoms with Crippen molar-refractivity contribution in [3.05, 3.63) is 73.8 Å². The van der Waals surface area contributed by atoms with E-state index in [1.165, 1.54) is 18.2 Å². The first kappa shape index (κ1) is 20.0. The van der Waals surface area contributed by atoms with Gasteiger partial charge >= 0.3 is 5.69 Å². The van der Waals surface area contributed by atoms with Gasteiger partial charge in [0.2, 0.25) is 0 Å². The zero-order valence-corrected chi connectivity index (χ0v) is 16.8. The monoisotopic (exact) mass is 412 g/mol. The average Bonchev–Trinajstić information content (AvgIpc) is 2.66. The van der Waals surface area contributed by atoms with E-state index in [0.717, 1.165) is 0 Å². The number of carbonyl (C=O) groups is 1. The Bertz CT molecular complexity index is 1260. The number of hydrogen-bond acceptors (Lipinski definition) is 5. The average molecular weight is 412 g/mol. The van der Waals surface area contributed by atoms with Crippen molar-refractivity contribution in [2.75, 3.05) is 13.2 Å². The van der Waals surface area contributed by atoms with Gasteiger partial charge in [-0.3, -0.25) is 19.6 Å². The number of aryl methyl sites for hydroxylation is 1. The maximum Gasteiger partial charge on any atom is 0.327 e. The van der Waals surface area contributed by atoms with Gasteiger partial charge in [0.1, 0.15) is 23.3 Å². The summed E-state index contributed by atoms with van der Waals surface area (Å²) in [4.78, 5) is 47.6. The molecule has 30 heavy (non-hydrogen) atoms. The van der Waals surface area contributed by atoms with Gasteiger partial charge in [-0.2, -0.15) is 0 Å². The molecule has 156 valence electrons. The largest absolute Gasteiger partial charge is 0.369 e. The Morgan fingerprint density at radius 2 is 2.03 bits per heavy atom. The van der Waals surface area contributed by atoms with Gasteiger partial charge in [-0.05, 0) is 50.1 Å². The third-order valence-electron chi connectivity index (χ3n) is 5.30. The summed E-state index contributed by atoms with van der Waals surface area (Å²) in [6.07, 6.45) is -0.484. The Labute approximate surface area is 170 Å². The second kappa shape index (κ2) is 7.17. The van der Waals surface area contributed by atoms with Crippen molar-refractivity contribution >= 4 is 16.9 Å². The van der Waals surface area contributed by atoms with Crippen molar-refractivity contribution < 1.29 is 13.9 Å². The van der Waals surface area contributed by atoms with Gasteiger partial charge < -0.3 is 9.64 Å². The minimum absolute atomic E-state index is 0.0554. The van der Waals surface area contributed by atoms with Gasteiger partial charge in [0.05, 0.1) is 24.1 Å². The van der Waals surface area contributed by atoms with E-state index in [1.54, 1.807) is 24.0 Å². The molecule has 2 N–H and O–H groups in total. The molecule has 1 saturated heterocycles. The highest BCUT2D eigenvalue weighted by atomic mass is 19.1. The fraction of sp³-hybridized carbons (Fsp3) is 0.333. The zero-order chi connectivity index (χ0) is 21.6. The topological polar surface area (TPSA) is 108 Å². The Balaban J connectivity index is 1.73. The van der Waals surface area contributed by atoms with Crippen LogP contribution in [0.15, 0.2) is 39.9 Å². The SMILES string of the molecule is Cc1cc(C(=O)N2CC(c3cccc(F)c3)OCC2(C)C)nc2[nH]c(=O)[nH]c(=O)c12. The van der Waals surface area contributed by atoms with E-state index < -0.39 is 22.9 Å². The van der Waals surface area contributed by atoms with Crippen molar-refractivity contribution in [3.8, 4) is 0 Å². The van der Waals surface area contributed by atoms with Gasteiger partial charge in [0.15, 0.2) is 0 Å². The highest BCUT2D eigenvalue weighted by Gasteiger charge is 2.39. The highest BCUT2D eigenvalue weighted by molar-refractivity contribution is 5.95. The summed E-state index contributed by atoms with van der Waals surface area (Å²) < 4.78 is 19.6. The zero-order valence-electron chi connectivity index (χ0n) is 16.8. The molecule has 2 aromatic heterocycles. The second-order valence-electron chi connectivity index (χ2n) is 8.04. The van der Waals surface area contributed by atoms with Crippen molar-refractivity contribution in [1.29, 1.82) is 0 Å². The number of pyridine rings is 1. The molecule has 1 fully saturated rings. The van der Waals surface area contributed by atoms with Crippen LogP contribution in [0.3, 0.4) is 0 Å². The van der Waals surface area contributed by atoms with Gasteiger partial charge in [0.25, 0.3) is 11.5 Å². The molecule has 0 bridgehead atoms. The third-order valence-corrected chi connectivity index (χ3v) is 5.30. The van der Waals surface area contributed by atoms with Crippen LogP contribution in [0.2, 0.25) is 0 Å². The summed E-state index contributed by atoms with van der Waals surface area (Å²) >= 11 is 0. The van der Waals surface area contributed by atoms with Crippen LogP contribution in [0.1, 0.15) is 41.6 Å². The van der Waals surface area contributed by atoms with Crippen LogP contribution in [0.25, 0.3) is 11.0 Å². The number of nitrogens with one attached hydrogen (secondary N) is 2. The summed E-state index contributed by atoms with van der Waals surface area (Å²) in [7, 11) is 0. The molecule has 3 aromatic rings. The van der Waals surface area contributed by atoms with E-state index in [0.29, 0.717) is 11.1 Å². The number of nitrogens with zero attached hydrogens (tertiary/aromatic N) is 2. The normalized spacial score (nSPS) is 18.5. The number of hydrogen-bond donors (Lipinski definition) is 2. The summed E-state index contributed by atoms with van der Waals surface area (Å²) in [5.41, 5.74) is -0.561. The molecule has 1 aliphatic rings. The fourth-order valence-corrected chi connectivity index (χ4v) is 3.72. The first-order valence-electron chi connectivity index (χ1n) is 9.49. The minimum atomic E-state index is -0.693. The van der Waals surface area contributed by atoms with Gasteiger partial charge in [-0.1, -0.05) is 12.1 Å². The summed E-state index contributed by atoms with van der Waals surface area (Å²) in [5, 5.41) is 0.227. The molecular weight excluding hydrogens is 391 g/mol. The maximum absolute atomic E-state index is 13.6. The standard InChI is InChI=1S/C21H21FN4O4/c1-11-7-14(23-17-16(11)18(27)25-20(29)24-17)19(28)26-9-15(30-10-21(26,2)3)12-5-4-6-13(22)8-12/h4-8,15H,9-10H2,1-3H3,(H2,23,24,25,27,29). The lowest BCUT2D eigenvalue weighted by atomic mass is 9.97. The van der Waals surface area contributed by atoms with Crippen LogP contribution < -0.4 is 11.2 Å². The Kier molecular flexibility index (Phi) is 4.77. The molecule has 9 heteroatoms. The first-order valence-corrected chi connectivity index (χ1v) is 9.49. The molecule has 3 heterocycles. The molecule has 0 saturated carbocycles. The van der Waals surface area contributed by atoms with Crippen LogP contribution in [0.4, 0.5) is 4.39 Å². The quantitative estimate of drug-likeness (QED) is 0.670. The maximum atomic E-state index is 13.6. The minimum Gasteiger partial charge on any atom is -0.369 e. The number of aromatic nitrogens is 3. The Morgan fingerprint density at radius 3 is 2.77 bits per heavy atom. The molecule has 0 spiro atoms. The summed E-state index contributed by atoms with van der Waals surface area (Å²) in [6, 6.07) is 7.62. The lowest BCUT2D eigenvalue weighted by Crippen LogP contribution is -2.56. The highest BCUT2D eigenvalue weighted by Crippen LogP contribution is 2.31. The molecule has 1 aliphatic heterocycles. The van der Waals surface area contributed by atoms with E-state index in [1.807, 2.05) is 13.8 Å². The Morgan fingerprint density at radius 1 is 1.27 bits per heavy atom. The lowest BCUT2D eigenvalue weighted by molar-refractivity contribution is -0.0848. The molecule has 1 amide bonds. The molecule has 0 aliphatic carbocycles. The second-order valence-corrected chi connectivity index (χ2v) is 8.04. The number of halogens is 1. The predicted molar refractivity (Wildman–Crippen MR) is 108 cm³/mol. The molecule has 8 nitrogen and oxygen atoms in total. The van der Waals surface area contributed by atoms with Gasteiger partial charge in [0, 0.05) is 0 Å². The van der Waals surface area contributed by atoms with Crippen molar-refractivity contribution in [2.24, 2.45) is 0 Å². The third kappa shape index (κ3) is 3.52. The number of H-pyrrole nitrogens is 2. The number of rotatable bonds is 2. The van der Waals surface area contributed by atoms with E-state index >= 15 is 0 Å². The number of carbonyl (C=O) groups excluding carboxylic acids is 1. The van der Waals surface area contributed by atoms with Gasteiger partial charge in [-0.15, -0.1) is 0 Å². The molecule has 1 aromatic carbocycles. The fourth-order valence-electron chi connectivity index (χ4n) is 3.72. The van der Waals surface area contributed by atoms with Crippen LogP contribution in [0, 0.1) is 12.7 Å². The van der Waals surface area contributed by atoms with E-state index in [2.05, 4.69) is 15.0 Å². The number of ether oxygens (including phenoxy) is 1. The van der Waals surface area contributed by atoms with E-state index in [9.17, 15) is 18.8 Å². The van der Waals surface area contributed by atoms with Crippen LogP contribution in [-0.4, -0.2) is 44.4 Å². The summed E-state index contributed by atoms with van der Waals surface area (Å²) in [5.74, 6) is -0.740. The molecular formula is C21H21FN4O4. The van der Waals surface area contributed by atoms with Crippen LogP contribution >= 0.6 is 0 Å². The van der Waals surface area contributed by atoms with Crippen molar-refractivity contribution in [3.63, 3.8) is 0 Å². The number of amides is 1. The number of fused-ring (bicyclic) bond motifs is 1. The number of benzene rings is 1. The summed E-state index contributed by atoms with van der Waals surface area (Å²) in [6.45, 7) is 5.87. The van der Waals surface area contributed by atoms with Crippen LogP contribution in [-0.2, 0) is 4.74 Å². The van der Waals surface area contributed by atoms with E-state index in [4.69, 9.17) is 4.74 Å². The number of morpholine rings is 1. The predicted octanol–water partition coefficient (Wildman–Crippen LogP) is 2.05. The molecule has 1 unspecified atom stereocenters. The Hall–Kier alpha value is -3.33. The van der Waals surface area contributed by atoms with E-state index in [-0.39, 0.29) is 41.6 Å². The smallest absolute Gasteiger partial charge is 0.327 e. The van der Waals surface area contributed by atoms with Crippen molar-refractivity contribution in [2.45, 2.75) is 32.4 Å². The molecule has 0 radical (unpaired) electrons.